The number of carboxylic acids is 1. The molecule has 162 valence electrons. The number of benzene rings is 2. The first kappa shape index (κ1) is 22.1. The highest BCUT2D eigenvalue weighted by Crippen LogP contribution is 2.24. The van der Waals surface area contributed by atoms with E-state index >= 15 is 0 Å². The molecule has 1 saturated heterocycles. The average Bonchev–Trinajstić information content (AvgIpc) is 3.26. The predicted molar refractivity (Wildman–Crippen MR) is 113 cm³/mol. The van der Waals surface area contributed by atoms with Gasteiger partial charge in [-0.3, -0.25) is 0 Å². The lowest BCUT2D eigenvalue weighted by atomic mass is 10.1. The normalized spacial score (nSPS) is 16.4. The number of ether oxygens (including phenoxy) is 2. The van der Waals surface area contributed by atoms with Crippen LogP contribution in [0.4, 0.5) is 5.69 Å². The van der Waals surface area contributed by atoms with Crippen molar-refractivity contribution in [2.45, 2.75) is 30.3 Å². The number of hydrogen-bond acceptors (Lipinski definition) is 6. The first-order valence-electron chi connectivity index (χ1n) is 9.74. The Labute approximate surface area is 176 Å². The minimum absolute atomic E-state index is 0.0164. The molecule has 1 fully saturated rings. The van der Waals surface area contributed by atoms with Gasteiger partial charge in [0.25, 0.3) is 0 Å². The second kappa shape index (κ2) is 9.92. The first-order chi connectivity index (χ1) is 14.4. The van der Waals surface area contributed by atoms with Crippen LogP contribution >= 0.6 is 0 Å². The van der Waals surface area contributed by atoms with Gasteiger partial charge in [-0.2, -0.15) is 0 Å². The molecule has 0 aromatic heterocycles. The number of carbonyl (C=O) groups is 1. The molecule has 0 saturated carbocycles. The van der Waals surface area contributed by atoms with E-state index in [9.17, 15) is 18.3 Å². The van der Waals surface area contributed by atoms with Gasteiger partial charge in [0.15, 0.2) is 0 Å². The Kier molecular flexibility index (Phi) is 7.30. The summed E-state index contributed by atoms with van der Waals surface area (Å²) in [6.45, 7) is 1.33. The largest absolute Gasteiger partial charge is 0.497 e. The van der Waals surface area contributed by atoms with E-state index in [1.165, 1.54) is 18.2 Å². The third kappa shape index (κ3) is 5.71. The highest BCUT2D eigenvalue weighted by molar-refractivity contribution is 7.89. The molecule has 9 heteroatoms. The van der Waals surface area contributed by atoms with Crippen LogP contribution in [0.5, 0.6) is 5.75 Å². The van der Waals surface area contributed by atoms with Crippen LogP contribution in [0.25, 0.3) is 0 Å². The third-order valence-corrected chi connectivity index (χ3v) is 6.43. The maximum absolute atomic E-state index is 12.9. The topological polar surface area (TPSA) is 114 Å². The molecule has 8 nitrogen and oxygen atoms in total. The first-order valence-corrected chi connectivity index (χ1v) is 11.2. The van der Waals surface area contributed by atoms with E-state index < -0.39 is 16.0 Å². The number of aromatic carboxylic acids is 1. The van der Waals surface area contributed by atoms with E-state index in [1.807, 2.05) is 24.3 Å². The molecule has 3 rings (SSSR count). The van der Waals surface area contributed by atoms with E-state index in [0.29, 0.717) is 25.3 Å². The zero-order chi connectivity index (χ0) is 21.6. The van der Waals surface area contributed by atoms with E-state index in [2.05, 4.69) is 10.0 Å². The molecule has 30 heavy (non-hydrogen) atoms. The third-order valence-electron chi connectivity index (χ3n) is 4.93. The molecule has 0 bridgehead atoms. The lowest BCUT2D eigenvalue weighted by Gasteiger charge is -2.16. The zero-order valence-electron chi connectivity index (χ0n) is 16.8. The lowest BCUT2D eigenvalue weighted by molar-refractivity contribution is 0.0696. The molecule has 2 aromatic carbocycles. The smallest absolute Gasteiger partial charge is 0.335 e. The highest BCUT2D eigenvalue weighted by Gasteiger charge is 2.22. The van der Waals surface area contributed by atoms with Crippen molar-refractivity contribution in [2.24, 2.45) is 0 Å². The van der Waals surface area contributed by atoms with Crippen molar-refractivity contribution >= 4 is 21.7 Å². The highest BCUT2D eigenvalue weighted by atomic mass is 32.2. The second-order valence-electron chi connectivity index (χ2n) is 7.03. The lowest BCUT2D eigenvalue weighted by Crippen LogP contribution is -2.28. The molecule has 0 spiro atoms. The van der Waals surface area contributed by atoms with Gasteiger partial charge < -0.3 is 19.9 Å². The van der Waals surface area contributed by atoms with Gasteiger partial charge in [0.05, 0.1) is 24.5 Å². The van der Waals surface area contributed by atoms with Crippen molar-refractivity contribution < 1.29 is 27.8 Å². The van der Waals surface area contributed by atoms with Crippen molar-refractivity contribution in [1.82, 2.24) is 4.72 Å². The van der Waals surface area contributed by atoms with Crippen molar-refractivity contribution in [3.8, 4) is 5.75 Å². The predicted octanol–water partition coefficient (Wildman–Crippen LogP) is 2.51. The summed E-state index contributed by atoms with van der Waals surface area (Å²) in [5.41, 5.74) is 1.22. The fourth-order valence-electron chi connectivity index (χ4n) is 3.25. The van der Waals surface area contributed by atoms with Crippen molar-refractivity contribution in [1.29, 1.82) is 0 Å². The Morgan fingerprint density at radius 1 is 1.23 bits per heavy atom. The summed E-state index contributed by atoms with van der Waals surface area (Å²) < 4.78 is 39.1. The summed E-state index contributed by atoms with van der Waals surface area (Å²) in [5.74, 6) is -0.456. The second-order valence-corrected chi connectivity index (χ2v) is 8.76. The molecule has 3 N–H and O–H groups in total. The van der Waals surface area contributed by atoms with Crippen LogP contribution in [-0.2, 0) is 21.2 Å². The fraction of sp³-hybridized carbons (Fsp3) is 0.381. The van der Waals surface area contributed by atoms with E-state index in [0.717, 1.165) is 24.2 Å². The van der Waals surface area contributed by atoms with Crippen LogP contribution in [0.2, 0.25) is 0 Å². The van der Waals surface area contributed by atoms with Gasteiger partial charge in [0.2, 0.25) is 10.0 Å². The molecule has 1 atom stereocenters. The Morgan fingerprint density at radius 2 is 2.00 bits per heavy atom. The summed E-state index contributed by atoms with van der Waals surface area (Å²) in [6.07, 6.45) is 2.38. The number of sulfonamides is 1. The quantitative estimate of drug-likeness (QED) is 0.526. The molecule has 1 heterocycles. The number of rotatable bonds is 10. The molecular formula is C21H26N2O6S. The number of carboxylic acid groups (broad SMARTS) is 1. The summed E-state index contributed by atoms with van der Waals surface area (Å²) in [5, 5.41) is 12.4. The van der Waals surface area contributed by atoms with Gasteiger partial charge in [-0.1, -0.05) is 12.1 Å². The van der Waals surface area contributed by atoms with E-state index in [1.54, 1.807) is 7.11 Å². The van der Waals surface area contributed by atoms with E-state index in [4.69, 9.17) is 9.47 Å². The molecule has 0 aliphatic carbocycles. The number of methoxy groups -OCH3 is 1. The van der Waals surface area contributed by atoms with Crippen LogP contribution in [0.3, 0.4) is 0 Å². The summed E-state index contributed by atoms with van der Waals surface area (Å²) in [4.78, 5) is 11.3. The zero-order valence-corrected chi connectivity index (χ0v) is 17.6. The maximum Gasteiger partial charge on any atom is 0.335 e. The van der Waals surface area contributed by atoms with Crippen LogP contribution < -0.4 is 14.8 Å². The Morgan fingerprint density at radius 3 is 2.63 bits per heavy atom. The van der Waals surface area contributed by atoms with Crippen LogP contribution in [0.1, 0.15) is 28.8 Å². The molecule has 1 aliphatic rings. The molecule has 0 radical (unpaired) electrons. The Bertz CT molecular complexity index is 969. The fourth-order valence-corrected chi connectivity index (χ4v) is 4.49. The van der Waals surface area contributed by atoms with Crippen molar-refractivity contribution in [3.05, 3.63) is 53.6 Å². The van der Waals surface area contributed by atoms with Gasteiger partial charge in [-0.25, -0.2) is 17.9 Å². The van der Waals surface area contributed by atoms with Gasteiger partial charge in [0.1, 0.15) is 10.6 Å². The average molecular weight is 435 g/mol. The Balaban J connectivity index is 1.72. The van der Waals surface area contributed by atoms with Gasteiger partial charge in [-0.15, -0.1) is 0 Å². The summed E-state index contributed by atoms with van der Waals surface area (Å²) >= 11 is 0. The molecule has 1 aliphatic heterocycles. The van der Waals surface area contributed by atoms with Crippen molar-refractivity contribution in [3.63, 3.8) is 0 Å². The van der Waals surface area contributed by atoms with E-state index in [-0.39, 0.29) is 23.1 Å². The number of hydrogen-bond donors (Lipinski definition) is 3. The van der Waals surface area contributed by atoms with Crippen LogP contribution in [0.15, 0.2) is 47.4 Å². The van der Waals surface area contributed by atoms with Gasteiger partial charge in [0, 0.05) is 19.7 Å². The molecule has 0 amide bonds. The molecule has 2 aromatic rings. The van der Waals surface area contributed by atoms with Crippen LogP contribution in [0, 0.1) is 0 Å². The maximum atomic E-state index is 12.9. The monoisotopic (exact) mass is 434 g/mol. The minimum Gasteiger partial charge on any atom is -0.497 e. The Hall–Kier alpha value is -2.62. The van der Waals surface area contributed by atoms with Gasteiger partial charge in [-0.05, 0) is 55.2 Å². The standard InChI is InChI=1S/C21H26N2O6S/c1-28-17-7-4-15(5-8-17)10-11-23-30(26,27)20-13-16(21(24)25)6-9-19(20)22-14-18-3-2-12-29-18/h4-9,13,18,22-23H,2-3,10-12,14H2,1H3,(H,24,25). The number of anilines is 1. The minimum atomic E-state index is -3.92. The summed E-state index contributed by atoms with van der Waals surface area (Å²) in [6, 6.07) is 11.4. The van der Waals surface area contributed by atoms with Gasteiger partial charge >= 0.3 is 5.97 Å². The SMILES string of the molecule is COc1ccc(CCNS(=O)(=O)c2cc(C(=O)O)ccc2NCC2CCCO2)cc1. The van der Waals surface area contributed by atoms with Crippen molar-refractivity contribution in [2.75, 3.05) is 32.1 Å². The van der Waals surface area contributed by atoms with Crippen LogP contribution in [-0.4, -0.2) is 52.4 Å². The molecule has 1 unspecified atom stereocenters. The molecular weight excluding hydrogens is 408 g/mol. The summed E-state index contributed by atoms with van der Waals surface area (Å²) in [7, 11) is -2.33. The number of nitrogens with one attached hydrogen (secondary N) is 2.